The van der Waals surface area contributed by atoms with Crippen LogP contribution >= 0.6 is 0 Å². The molecule has 7 nitrogen and oxygen atoms in total. The van der Waals surface area contributed by atoms with E-state index in [2.05, 4.69) is 16.9 Å². The van der Waals surface area contributed by atoms with E-state index >= 15 is 0 Å². The number of aryl methyl sites for hydroxylation is 1. The summed E-state index contributed by atoms with van der Waals surface area (Å²) in [4.78, 5) is 30.2. The Labute approximate surface area is 163 Å². The Morgan fingerprint density at radius 2 is 2.04 bits per heavy atom. The first kappa shape index (κ1) is 19.4. The van der Waals surface area contributed by atoms with E-state index in [0.717, 1.165) is 11.6 Å². The van der Waals surface area contributed by atoms with Gasteiger partial charge in [-0.2, -0.15) is 0 Å². The van der Waals surface area contributed by atoms with Crippen molar-refractivity contribution < 1.29 is 19.4 Å². The quantitative estimate of drug-likeness (QED) is 0.614. The molecule has 0 saturated carbocycles. The molecule has 2 aromatic rings. The van der Waals surface area contributed by atoms with E-state index in [4.69, 9.17) is 4.74 Å². The van der Waals surface area contributed by atoms with Crippen molar-refractivity contribution >= 4 is 17.5 Å². The lowest BCUT2D eigenvalue weighted by Crippen LogP contribution is -2.41. The number of phenolic OH excluding ortho intramolecular Hbond substituents is 1. The van der Waals surface area contributed by atoms with Crippen molar-refractivity contribution in [3.63, 3.8) is 0 Å². The molecule has 146 valence electrons. The standard InChI is InChI=1S/C21H23N3O4/c1-3-19(26)23-17-12-15(5-6-18(17)25)21(27)24-10-8-16(9-11-24)28-20-7-4-14(2)13-22-20/h3-7,12-13,16,25H,1,8-11H2,2H3,(H,23,26). The van der Waals surface area contributed by atoms with Crippen molar-refractivity contribution in [3.8, 4) is 11.6 Å². The minimum Gasteiger partial charge on any atom is -0.506 e. The van der Waals surface area contributed by atoms with Gasteiger partial charge >= 0.3 is 0 Å². The number of carbonyl (C=O) groups excluding carboxylic acids is 2. The van der Waals surface area contributed by atoms with Crippen LogP contribution in [0.4, 0.5) is 5.69 Å². The van der Waals surface area contributed by atoms with Gasteiger partial charge in [0.05, 0.1) is 5.69 Å². The summed E-state index contributed by atoms with van der Waals surface area (Å²) in [6.07, 6.45) is 4.30. The molecule has 0 unspecified atom stereocenters. The zero-order valence-electron chi connectivity index (χ0n) is 15.7. The molecule has 0 atom stereocenters. The van der Waals surface area contributed by atoms with Crippen LogP contribution in [0.15, 0.2) is 49.2 Å². The lowest BCUT2D eigenvalue weighted by Gasteiger charge is -2.32. The third-order valence-corrected chi connectivity index (χ3v) is 4.59. The number of amides is 2. The molecular weight excluding hydrogens is 358 g/mol. The lowest BCUT2D eigenvalue weighted by atomic mass is 10.1. The maximum Gasteiger partial charge on any atom is 0.253 e. The number of hydrogen-bond donors (Lipinski definition) is 2. The number of nitrogens with zero attached hydrogens (tertiary/aromatic N) is 2. The molecule has 0 bridgehead atoms. The van der Waals surface area contributed by atoms with E-state index in [9.17, 15) is 14.7 Å². The summed E-state index contributed by atoms with van der Waals surface area (Å²) in [5.74, 6) is -0.121. The molecule has 0 radical (unpaired) electrons. The van der Waals surface area contributed by atoms with Crippen LogP contribution in [0.25, 0.3) is 0 Å². The Morgan fingerprint density at radius 1 is 1.29 bits per heavy atom. The molecule has 28 heavy (non-hydrogen) atoms. The lowest BCUT2D eigenvalue weighted by molar-refractivity contribution is -0.111. The third-order valence-electron chi connectivity index (χ3n) is 4.59. The molecule has 1 aliphatic rings. The van der Waals surface area contributed by atoms with E-state index in [-0.39, 0.29) is 23.4 Å². The Kier molecular flexibility index (Phi) is 5.93. The van der Waals surface area contributed by atoms with Gasteiger partial charge < -0.3 is 20.1 Å². The maximum absolute atomic E-state index is 12.8. The van der Waals surface area contributed by atoms with Crippen LogP contribution in [0.2, 0.25) is 0 Å². The monoisotopic (exact) mass is 381 g/mol. The molecule has 1 aliphatic heterocycles. The zero-order valence-corrected chi connectivity index (χ0v) is 15.7. The highest BCUT2D eigenvalue weighted by Gasteiger charge is 2.25. The third kappa shape index (κ3) is 4.68. The molecule has 0 aliphatic carbocycles. The first-order valence-electron chi connectivity index (χ1n) is 9.11. The second-order valence-electron chi connectivity index (χ2n) is 6.71. The summed E-state index contributed by atoms with van der Waals surface area (Å²) < 4.78 is 5.90. The van der Waals surface area contributed by atoms with Gasteiger partial charge in [0.25, 0.3) is 5.91 Å². The number of nitrogens with one attached hydrogen (secondary N) is 1. The van der Waals surface area contributed by atoms with Crippen molar-refractivity contribution in [2.75, 3.05) is 18.4 Å². The van der Waals surface area contributed by atoms with E-state index in [1.165, 1.54) is 12.1 Å². The summed E-state index contributed by atoms with van der Waals surface area (Å²) >= 11 is 0. The molecular formula is C21H23N3O4. The average Bonchev–Trinajstić information content (AvgIpc) is 2.71. The minimum atomic E-state index is -0.456. The van der Waals surface area contributed by atoms with Crippen molar-refractivity contribution in [2.45, 2.75) is 25.9 Å². The fraction of sp³-hybridized carbons (Fsp3) is 0.286. The van der Waals surface area contributed by atoms with Gasteiger partial charge in [0.2, 0.25) is 11.8 Å². The number of phenols is 1. The Bertz CT molecular complexity index is 872. The number of hydrogen-bond acceptors (Lipinski definition) is 5. The molecule has 2 N–H and O–H groups in total. The number of ether oxygens (including phenoxy) is 1. The van der Waals surface area contributed by atoms with Gasteiger partial charge in [-0.25, -0.2) is 4.98 Å². The molecule has 2 heterocycles. The highest BCUT2D eigenvalue weighted by molar-refractivity contribution is 6.02. The number of aromatic nitrogens is 1. The fourth-order valence-corrected chi connectivity index (χ4v) is 3.01. The number of rotatable bonds is 5. The number of anilines is 1. The molecule has 3 rings (SSSR count). The number of aromatic hydroxyl groups is 1. The second kappa shape index (κ2) is 8.56. The van der Waals surface area contributed by atoms with Crippen molar-refractivity contribution in [1.29, 1.82) is 0 Å². The topological polar surface area (TPSA) is 91.8 Å². The summed E-state index contributed by atoms with van der Waals surface area (Å²) in [5, 5.41) is 12.4. The second-order valence-corrected chi connectivity index (χ2v) is 6.71. The van der Waals surface area contributed by atoms with E-state index < -0.39 is 5.91 Å². The SMILES string of the molecule is C=CC(=O)Nc1cc(C(=O)N2CCC(Oc3ccc(C)cn3)CC2)ccc1O. The highest BCUT2D eigenvalue weighted by Crippen LogP contribution is 2.26. The zero-order chi connectivity index (χ0) is 20.1. The molecule has 7 heteroatoms. The first-order chi connectivity index (χ1) is 13.5. The maximum atomic E-state index is 12.8. The van der Waals surface area contributed by atoms with Crippen molar-refractivity contribution in [2.24, 2.45) is 0 Å². The van der Waals surface area contributed by atoms with Crippen LogP contribution in [0.5, 0.6) is 11.6 Å². The van der Waals surface area contributed by atoms with Gasteiger partial charge in [-0.05, 0) is 36.8 Å². The van der Waals surface area contributed by atoms with Gasteiger partial charge in [0.15, 0.2) is 0 Å². The van der Waals surface area contributed by atoms with Crippen LogP contribution in [0.1, 0.15) is 28.8 Å². The largest absolute Gasteiger partial charge is 0.506 e. The summed E-state index contributed by atoms with van der Waals surface area (Å²) in [6.45, 7) is 6.46. The fourth-order valence-electron chi connectivity index (χ4n) is 3.01. The van der Waals surface area contributed by atoms with Crippen LogP contribution in [-0.4, -0.2) is 46.0 Å². The van der Waals surface area contributed by atoms with Crippen molar-refractivity contribution in [1.82, 2.24) is 9.88 Å². The van der Waals surface area contributed by atoms with Gasteiger partial charge in [0, 0.05) is 43.8 Å². The van der Waals surface area contributed by atoms with Gasteiger partial charge in [-0.1, -0.05) is 12.6 Å². The number of likely N-dealkylation sites (tertiary alicyclic amines) is 1. The van der Waals surface area contributed by atoms with E-state index in [0.29, 0.717) is 37.4 Å². The smallest absolute Gasteiger partial charge is 0.253 e. The highest BCUT2D eigenvalue weighted by atomic mass is 16.5. The molecule has 1 aromatic carbocycles. The van der Waals surface area contributed by atoms with E-state index in [1.807, 2.05) is 19.1 Å². The number of piperidine rings is 1. The number of pyridine rings is 1. The molecule has 1 aromatic heterocycles. The summed E-state index contributed by atoms with van der Waals surface area (Å²) in [7, 11) is 0. The number of carbonyl (C=O) groups is 2. The summed E-state index contributed by atoms with van der Waals surface area (Å²) in [6, 6.07) is 8.21. The molecule has 1 fully saturated rings. The Morgan fingerprint density at radius 3 is 2.68 bits per heavy atom. The van der Waals surface area contributed by atoms with Crippen LogP contribution < -0.4 is 10.1 Å². The Hall–Kier alpha value is -3.35. The molecule has 2 amide bonds. The normalized spacial score (nSPS) is 14.4. The predicted octanol–water partition coefficient (Wildman–Crippen LogP) is 2.90. The number of benzene rings is 1. The minimum absolute atomic E-state index is 0.0153. The van der Waals surface area contributed by atoms with E-state index in [1.54, 1.807) is 17.2 Å². The Balaban J connectivity index is 1.60. The van der Waals surface area contributed by atoms with Crippen LogP contribution in [-0.2, 0) is 4.79 Å². The van der Waals surface area contributed by atoms with Gasteiger partial charge in [0.1, 0.15) is 11.9 Å². The van der Waals surface area contributed by atoms with Crippen LogP contribution in [0.3, 0.4) is 0 Å². The van der Waals surface area contributed by atoms with Gasteiger partial charge in [-0.3, -0.25) is 9.59 Å². The molecule has 1 saturated heterocycles. The predicted molar refractivity (Wildman–Crippen MR) is 105 cm³/mol. The summed E-state index contributed by atoms with van der Waals surface area (Å²) in [5.41, 5.74) is 1.65. The average molecular weight is 381 g/mol. The first-order valence-corrected chi connectivity index (χ1v) is 9.11. The van der Waals surface area contributed by atoms with Crippen LogP contribution in [0, 0.1) is 6.92 Å². The van der Waals surface area contributed by atoms with Crippen molar-refractivity contribution in [3.05, 3.63) is 60.3 Å². The van der Waals surface area contributed by atoms with Gasteiger partial charge in [-0.15, -0.1) is 0 Å². The molecule has 0 spiro atoms.